The molecule has 2 atom stereocenters. The molecule has 0 aliphatic carbocycles. The van der Waals surface area contributed by atoms with E-state index in [4.69, 9.17) is 4.74 Å². The average molecular weight is 586 g/mol. The van der Waals surface area contributed by atoms with Crippen molar-refractivity contribution in [1.29, 1.82) is 0 Å². The van der Waals surface area contributed by atoms with E-state index in [1.54, 1.807) is 18.6 Å². The highest BCUT2D eigenvalue weighted by Crippen LogP contribution is 2.24. The molecule has 0 radical (unpaired) electrons. The maximum atomic E-state index is 12.7. The molecule has 228 valence electrons. The molecular formula is C34H43N5O4. The molecule has 3 N–H and O–H groups in total. The second-order valence-electron chi connectivity index (χ2n) is 12.0. The number of quaternary nitrogens is 1. The molecule has 2 aromatic carbocycles. The third kappa shape index (κ3) is 9.12. The molecule has 0 saturated heterocycles. The summed E-state index contributed by atoms with van der Waals surface area (Å²) in [6.07, 6.45) is 11.4. The van der Waals surface area contributed by atoms with Gasteiger partial charge >= 0.3 is 5.97 Å². The molecule has 4 rings (SSSR count). The first-order chi connectivity index (χ1) is 20.6. The van der Waals surface area contributed by atoms with E-state index in [0.717, 1.165) is 46.0 Å². The van der Waals surface area contributed by atoms with Gasteiger partial charge in [-0.3, -0.25) is 4.99 Å². The summed E-state index contributed by atoms with van der Waals surface area (Å²) in [4.78, 5) is 25.0. The summed E-state index contributed by atoms with van der Waals surface area (Å²) in [6.45, 7) is 9.57. The smallest absolute Gasteiger partial charge is 0.328 e. The molecule has 0 saturated carbocycles. The highest BCUT2D eigenvalue weighted by molar-refractivity contribution is 5.92. The molecule has 1 aromatic heterocycles. The van der Waals surface area contributed by atoms with Gasteiger partial charge in [-0.15, -0.1) is 0 Å². The van der Waals surface area contributed by atoms with E-state index in [-0.39, 0.29) is 12.0 Å². The van der Waals surface area contributed by atoms with Crippen molar-refractivity contribution < 1.29 is 24.8 Å². The molecule has 0 spiro atoms. The molecule has 2 heterocycles. The maximum absolute atomic E-state index is 12.7. The fourth-order valence-electron chi connectivity index (χ4n) is 4.78. The minimum atomic E-state index is -1.17. The minimum Gasteiger partial charge on any atom is -0.859 e. The molecule has 43 heavy (non-hydrogen) atoms. The van der Waals surface area contributed by atoms with Crippen LogP contribution in [0.2, 0.25) is 0 Å². The number of unbranched alkanes of at least 4 members (excludes halogenated alkanes) is 4. The number of benzene rings is 2. The first-order valence-electron chi connectivity index (χ1n) is 15.1. The summed E-state index contributed by atoms with van der Waals surface area (Å²) in [6, 6.07) is 14.2. The summed E-state index contributed by atoms with van der Waals surface area (Å²) in [5, 5.41) is 23.5. The number of carboxylic acid groups (broad SMARTS) is 1. The number of nitrogens with one attached hydrogen (secondary N) is 2. The normalized spacial score (nSPS) is 16.0. The van der Waals surface area contributed by atoms with Gasteiger partial charge in [-0.1, -0.05) is 69.0 Å². The van der Waals surface area contributed by atoms with E-state index in [1.807, 2.05) is 48.5 Å². The molecular weight excluding hydrogens is 542 g/mol. The Morgan fingerprint density at radius 3 is 2.26 bits per heavy atom. The van der Waals surface area contributed by atoms with Crippen LogP contribution in [0.4, 0.5) is 0 Å². The van der Waals surface area contributed by atoms with Crippen molar-refractivity contribution in [3.05, 3.63) is 78.3 Å². The van der Waals surface area contributed by atoms with Crippen LogP contribution in [-0.2, 0) is 11.2 Å². The average Bonchev–Trinajstić information content (AvgIpc) is 3.51. The molecule has 3 aromatic rings. The topological polar surface area (TPSA) is 124 Å². The summed E-state index contributed by atoms with van der Waals surface area (Å²) in [5.74, 6) is -0.200. The highest BCUT2D eigenvalue weighted by atomic mass is 16.5. The third-order valence-corrected chi connectivity index (χ3v) is 7.52. The first-order valence-corrected chi connectivity index (χ1v) is 15.1. The van der Waals surface area contributed by atoms with Crippen LogP contribution in [0.3, 0.4) is 0 Å². The number of aliphatic carboxylic acids is 1. The Labute approximate surface area is 254 Å². The van der Waals surface area contributed by atoms with Crippen molar-refractivity contribution in [3.63, 3.8) is 0 Å². The van der Waals surface area contributed by atoms with E-state index in [2.05, 4.69) is 48.1 Å². The van der Waals surface area contributed by atoms with Gasteiger partial charge in [-0.05, 0) is 56.3 Å². The Kier molecular flexibility index (Phi) is 10.9. The van der Waals surface area contributed by atoms with Gasteiger partial charge < -0.3 is 14.9 Å². The minimum absolute atomic E-state index is 0.107. The van der Waals surface area contributed by atoms with Gasteiger partial charge in [0.2, 0.25) is 0 Å². The predicted molar refractivity (Wildman–Crippen MR) is 167 cm³/mol. The molecule has 1 unspecified atom stereocenters. The Morgan fingerprint density at radius 1 is 1.00 bits per heavy atom. The van der Waals surface area contributed by atoms with Crippen LogP contribution in [-0.4, -0.2) is 51.7 Å². The first kappa shape index (κ1) is 31.7. The van der Waals surface area contributed by atoms with E-state index in [0.29, 0.717) is 17.9 Å². The van der Waals surface area contributed by atoms with Gasteiger partial charge in [-0.25, -0.2) is 25.2 Å². The Balaban J connectivity index is 1.33. The number of ether oxygens (including phenoxy) is 1. The number of rotatable bonds is 14. The van der Waals surface area contributed by atoms with Crippen molar-refractivity contribution in [1.82, 2.24) is 15.4 Å². The predicted octanol–water partition coefficient (Wildman–Crippen LogP) is 4.00. The third-order valence-electron chi connectivity index (χ3n) is 7.52. The van der Waals surface area contributed by atoms with Crippen LogP contribution >= 0.6 is 0 Å². The largest absolute Gasteiger partial charge is 0.859 e. The lowest BCUT2D eigenvalue weighted by Crippen LogP contribution is -3.22. The summed E-state index contributed by atoms with van der Waals surface area (Å²) in [5.41, 5.74) is 6.99. The van der Waals surface area contributed by atoms with Crippen LogP contribution in [0, 0.1) is 0 Å². The molecule has 0 bridgehead atoms. The number of aromatic nitrogens is 2. The number of carbonyl (C=O) groups is 1. The van der Waals surface area contributed by atoms with Crippen molar-refractivity contribution >= 4 is 11.9 Å². The zero-order chi connectivity index (χ0) is 30.8. The van der Waals surface area contributed by atoms with E-state index in [1.165, 1.54) is 25.7 Å². The van der Waals surface area contributed by atoms with Crippen molar-refractivity contribution in [2.45, 2.75) is 77.8 Å². The molecule has 9 heteroatoms. The standard InChI is InChI=1S/C34H43N5O4/c1-5-6-7-8-9-18-43-29-16-14-25(15-17-29)27-20-35-31(36-21-27)26-12-10-24(11-13-26)19-30(33(41)42)38-32(40)28-22-37-39(23-28)34(2,3)4/h10-17,20-22,30,37H,5-9,18-19,23H2,1-4H3,(H,38,40)(H,41,42)/t30-/m0/s1. The zero-order valence-electron chi connectivity index (χ0n) is 25.6. The van der Waals surface area contributed by atoms with Gasteiger partial charge in [0.05, 0.1) is 12.8 Å². The summed E-state index contributed by atoms with van der Waals surface area (Å²) in [7, 11) is 0. The van der Waals surface area contributed by atoms with Crippen molar-refractivity contribution in [3.8, 4) is 28.3 Å². The maximum Gasteiger partial charge on any atom is 0.328 e. The van der Waals surface area contributed by atoms with E-state index in [9.17, 15) is 15.0 Å². The quantitative estimate of drug-likeness (QED) is 0.148. The van der Waals surface area contributed by atoms with Crippen LogP contribution in [0.15, 0.2) is 77.7 Å². The summed E-state index contributed by atoms with van der Waals surface area (Å²) >= 11 is 0. The lowest BCUT2D eigenvalue weighted by Gasteiger charge is -2.27. The van der Waals surface area contributed by atoms with E-state index < -0.39 is 17.9 Å². The van der Waals surface area contributed by atoms with Crippen molar-refractivity contribution in [2.24, 2.45) is 4.99 Å². The number of nitrogens with zero attached hydrogens (tertiary/aromatic N) is 3. The molecule has 1 aliphatic rings. The van der Waals surface area contributed by atoms with Gasteiger partial charge in [0, 0.05) is 35.5 Å². The van der Waals surface area contributed by atoms with Gasteiger partial charge in [-0.2, -0.15) is 0 Å². The summed E-state index contributed by atoms with van der Waals surface area (Å²) < 4.78 is 5.87. The van der Waals surface area contributed by atoms with Crippen LogP contribution < -0.4 is 20.3 Å². The zero-order valence-corrected chi connectivity index (χ0v) is 25.6. The van der Waals surface area contributed by atoms with Crippen molar-refractivity contribution in [2.75, 3.05) is 13.2 Å². The molecule has 9 nitrogen and oxygen atoms in total. The molecule has 0 fully saturated rings. The Morgan fingerprint density at radius 2 is 1.65 bits per heavy atom. The fourth-order valence-corrected chi connectivity index (χ4v) is 4.78. The van der Waals surface area contributed by atoms with Crippen LogP contribution in [0.1, 0.15) is 65.4 Å². The lowest BCUT2D eigenvalue weighted by molar-refractivity contribution is -0.973. The molecule has 1 aliphatic heterocycles. The van der Waals surface area contributed by atoms with E-state index >= 15 is 0 Å². The second kappa shape index (κ2) is 14.8. The number of carboxylic acids is 1. The molecule has 0 amide bonds. The van der Waals surface area contributed by atoms with Crippen LogP contribution in [0.25, 0.3) is 22.5 Å². The van der Waals surface area contributed by atoms with Gasteiger partial charge in [0.1, 0.15) is 17.8 Å². The number of hydrogen-bond donors (Lipinski definition) is 3. The lowest BCUT2D eigenvalue weighted by atomic mass is 10.0. The monoisotopic (exact) mass is 585 g/mol. The second-order valence-corrected chi connectivity index (χ2v) is 12.0. The Bertz CT molecular complexity index is 1390. The highest BCUT2D eigenvalue weighted by Gasteiger charge is 2.30. The Hall–Kier alpha value is -4.24. The number of aliphatic imine (C=N–C) groups is 1. The van der Waals surface area contributed by atoms with Gasteiger partial charge in [0.15, 0.2) is 11.9 Å². The SMILES string of the molecule is CCCCCCCOc1ccc(-c2cnc(-c3ccc(C[C@H](N=C([O-])C4=CN[NH+](C(C)(C)C)C4)C(=O)O)cc3)nc2)cc1. The van der Waals surface area contributed by atoms with Crippen LogP contribution in [0.5, 0.6) is 5.75 Å². The van der Waals surface area contributed by atoms with Gasteiger partial charge in [0.25, 0.3) is 0 Å². The fraction of sp³-hybridized carbons (Fsp3) is 0.412. The number of hydrogen-bond acceptors (Lipinski definition) is 7.